The summed E-state index contributed by atoms with van der Waals surface area (Å²) in [5, 5.41) is 15.1. The summed E-state index contributed by atoms with van der Waals surface area (Å²) in [6.07, 6.45) is 0.516. The van der Waals surface area contributed by atoms with E-state index in [2.05, 4.69) is 15.4 Å². The summed E-state index contributed by atoms with van der Waals surface area (Å²) in [5.74, 6) is 1.21. The lowest BCUT2D eigenvalue weighted by atomic mass is 10.2. The summed E-state index contributed by atoms with van der Waals surface area (Å²) < 4.78 is 7.22. The van der Waals surface area contributed by atoms with E-state index >= 15 is 0 Å². The van der Waals surface area contributed by atoms with Gasteiger partial charge in [-0.1, -0.05) is 6.07 Å². The Morgan fingerprint density at radius 1 is 1.32 bits per heavy atom. The predicted molar refractivity (Wildman–Crippen MR) is 80.3 cm³/mol. The lowest BCUT2D eigenvalue weighted by Crippen LogP contribution is -2.08. The summed E-state index contributed by atoms with van der Waals surface area (Å²) in [7, 11) is 0. The van der Waals surface area contributed by atoms with Gasteiger partial charge in [-0.2, -0.15) is 4.98 Å². The number of nitrogen functional groups attached to an aromatic ring is 1. The maximum Gasteiger partial charge on any atom is 0.409 e. The number of aromatic nitrogens is 3. The summed E-state index contributed by atoms with van der Waals surface area (Å²) in [4.78, 5) is 14.8. The van der Waals surface area contributed by atoms with Crippen molar-refractivity contribution in [2.75, 3.05) is 11.1 Å². The number of hydrogen-bond donors (Lipinski definition) is 3. The molecule has 0 unspecified atom stereocenters. The lowest BCUT2D eigenvalue weighted by Gasteiger charge is -2.10. The van der Waals surface area contributed by atoms with E-state index in [-0.39, 0.29) is 5.95 Å². The highest BCUT2D eigenvalue weighted by Crippen LogP contribution is 2.26. The number of ether oxygens (including phenoxy) is 1. The second-order valence-corrected chi connectivity index (χ2v) is 4.65. The van der Waals surface area contributed by atoms with Crippen LogP contribution in [-0.2, 0) is 0 Å². The van der Waals surface area contributed by atoms with Crippen LogP contribution in [0, 0.1) is 6.92 Å². The molecule has 0 atom stereocenters. The number of aryl methyl sites for hydroxylation is 1. The summed E-state index contributed by atoms with van der Waals surface area (Å²) in [5.41, 5.74) is 7.41. The van der Waals surface area contributed by atoms with Crippen LogP contribution >= 0.6 is 0 Å². The molecule has 112 valence electrons. The molecule has 2 aromatic heterocycles. The van der Waals surface area contributed by atoms with Gasteiger partial charge in [0.1, 0.15) is 11.5 Å². The Balaban J connectivity index is 1.88. The fourth-order valence-corrected chi connectivity index (χ4v) is 1.99. The van der Waals surface area contributed by atoms with Crippen molar-refractivity contribution >= 4 is 23.4 Å². The monoisotopic (exact) mass is 299 g/mol. The summed E-state index contributed by atoms with van der Waals surface area (Å²) in [6.45, 7) is 1.80. The van der Waals surface area contributed by atoms with Gasteiger partial charge in [-0.15, -0.1) is 5.10 Å². The largest absolute Gasteiger partial charge is 0.465 e. The first kappa shape index (κ1) is 13.7. The number of amides is 1. The van der Waals surface area contributed by atoms with Gasteiger partial charge in [0.05, 0.1) is 11.9 Å². The molecular weight excluding hydrogens is 286 g/mol. The smallest absolute Gasteiger partial charge is 0.409 e. The highest BCUT2D eigenvalue weighted by Gasteiger charge is 2.07. The fraction of sp³-hybridized carbons (Fsp3) is 0.0714. The van der Waals surface area contributed by atoms with Crippen molar-refractivity contribution in [2.45, 2.75) is 6.92 Å². The number of pyridine rings is 1. The molecule has 0 bridgehead atoms. The number of nitrogens with two attached hydrogens (primary N) is 1. The topological polar surface area (TPSA) is 115 Å². The number of nitrogens with zero attached hydrogens (tertiary/aromatic N) is 3. The van der Waals surface area contributed by atoms with E-state index in [1.165, 1.54) is 4.52 Å². The van der Waals surface area contributed by atoms with Crippen LogP contribution in [0.2, 0.25) is 0 Å². The van der Waals surface area contributed by atoms with Crippen molar-refractivity contribution in [1.82, 2.24) is 14.6 Å². The Bertz CT molecular complexity index is 859. The van der Waals surface area contributed by atoms with Crippen LogP contribution in [0.3, 0.4) is 0 Å². The summed E-state index contributed by atoms with van der Waals surface area (Å²) in [6, 6.07) is 8.59. The number of benzene rings is 1. The van der Waals surface area contributed by atoms with E-state index < -0.39 is 6.09 Å². The highest BCUT2D eigenvalue weighted by atomic mass is 16.5. The molecule has 0 aliphatic carbocycles. The molecule has 0 fully saturated rings. The molecule has 3 rings (SSSR count). The fourth-order valence-electron chi connectivity index (χ4n) is 1.99. The zero-order valence-corrected chi connectivity index (χ0v) is 11.6. The normalized spacial score (nSPS) is 10.6. The van der Waals surface area contributed by atoms with Gasteiger partial charge in [-0.25, -0.2) is 9.31 Å². The van der Waals surface area contributed by atoms with Crippen LogP contribution in [-0.4, -0.2) is 25.8 Å². The first-order chi connectivity index (χ1) is 10.5. The van der Waals surface area contributed by atoms with Crippen LogP contribution in [0.1, 0.15) is 5.56 Å². The van der Waals surface area contributed by atoms with Gasteiger partial charge in [0, 0.05) is 6.07 Å². The summed E-state index contributed by atoms with van der Waals surface area (Å²) >= 11 is 0. The van der Waals surface area contributed by atoms with E-state index in [4.69, 9.17) is 15.6 Å². The number of carboxylic acid groups (broad SMARTS) is 1. The predicted octanol–water partition coefficient (Wildman–Crippen LogP) is 2.50. The van der Waals surface area contributed by atoms with Crippen molar-refractivity contribution < 1.29 is 14.6 Å². The van der Waals surface area contributed by atoms with Gasteiger partial charge in [0.15, 0.2) is 5.65 Å². The van der Waals surface area contributed by atoms with E-state index in [9.17, 15) is 4.79 Å². The molecule has 0 spiro atoms. The van der Waals surface area contributed by atoms with E-state index in [0.717, 1.165) is 5.56 Å². The molecular formula is C14H13N5O3. The third kappa shape index (κ3) is 2.75. The van der Waals surface area contributed by atoms with E-state index in [0.29, 0.717) is 22.8 Å². The second-order valence-electron chi connectivity index (χ2n) is 4.65. The number of carbonyl (C=O) groups is 1. The molecule has 2 heterocycles. The number of fused-ring (bicyclic) bond motifs is 1. The quantitative estimate of drug-likeness (QED) is 0.684. The van der Waals surface area contributed by atoms with E-state index in [1.54, 1.807) is 43.5 Å². The van der Waals surface area contributed by atoms with Gasteiger partial charge in [-0.05, 0) is 30.7 Å². The van der Waals surface area contributed by atoms with Crippen molar-refractivity contribution in [3.8, 4) is 11.5 Å². The van der Waals surface area contributed by atoms with Crippen molar-refractivity contribution in [1.29, 1.82) is 0 Å². The van der Waals surface area contributed by atoms with Crippen molar-refractivity contribution in [3.63, 3.8) is 0 Å². The Labute approximate surface area is 125 Å². The minimum Gasteiger partial charge on any atom is -0.465 e. The number of nitrogens with one attached hydrogen (secondary N) is 1. The van der Waals surface area contributed by atoms with E-state index in [1.807, 2.05) is 0 Å². The number of hydrogen-bond acceptors (Lipinski definition) is 5. The average Bonchev–Trinajstić information content (AvgIpc) is 2.81. The lowest BCUT2D eigenvalue weighted by molar-refractivity contribution is 0.209. The van der Waals surface area contributed by atoms with Crippen LogP contribution < -0.4 is 15.8 Å². The van der Waals surface area contributed by atoms with Gasteiger partial charge < -0.3 is 15.6 Å². The molecule has 8 nitrogen and oxygen atoms in total. The van der Waals surface area contributed by atoms with Crippen LogP contribution in [0.5, 0.6) is 11.5 Å². The Hall–Kier alpha value is -3.29. The molecule has 4 N–H and O–H groups in total. The SMILES string of the molecule is Cc1ccc(Oc2ccc3nc(N)nn3c2)cc1NC(=O)O. The zero-order chi connectivity index (χ0) is 15.7. The first-order valence-electron chi connectivity index (χ1n) is 6.41. The third-order valence-electron chi connectivity index (χ3n) is 3.01. The maximum absolute atomic E-state index is 10.8. The van der Waals surface area contributed by atoms with Crippen molar-refractivity contribution in [2.24, 2.45) is 0 Å². The second kappa shape index (κ2) is 5.24. The van der Waals surface area contributed by atoms with Crippen molar-refractivity contribution in [3.05, 3.63) is 42.1 Å². The molecule has 0 saturated carbocycles. The minimum atomic E-state index is -1.13. The number of rotatable bonds is 3. The Kier molecular flexibility index (Phi) is 3.26. The van der Waals surface area contributed by atoms with Gasteiger partial charge >= 0.3 is 6.09 Å². The molecule has 3 aromatic rings. The van der Waals surface area contributed by atoms with Crippen LogP contribution in [0.15, 0.2) is 36.5 Å². The van der Waals surface area contributed by atoms with Gasteiger partial charge in [-0.3, -0.25) is 5.32 Å². The molecule has 22 heavy (non-hydrogen) atoms. The molecule has 1 amide bonds. The number of anilines is 2. The Morgan fingerprint density at radius 3 is 2.86 bits per heavy atom. The molecule has 0 aliphatic rings. The maximum atomic E-state index is 10.8. The molecule has 1 aromatic carbocycles. The Morgan fingerprint density at radius 2 is 2.09 bits per heavy atom. The molecule has 8 heteroatoms. The first-order valence-corrected chi connectivity index (χ1v) is 6.41. The third-order valence-corrected chi connectivity index (χ3v) is 3.01. The molecule has 0 radical (unpaired) electrons. The molecule has 0 saturated heterocycles. The van der Waals surface area contributed by atoms with Gasteiger partial charge in [0.25, 0.3) is 0 Å². The average molecular weight is 299 g/mol. The zero-order valence-electron chi connectivity index (χ0n) is 11.6. The molecule has 0 aliphatic heterocycles. The van der Waals surface area contributed by atoms with Crippen LogP contribution in [0.4, 0.5) is 16.4 Å². The minimum absolute atomic E-state index is 0.181. The standard InChI is InChI=1S/C14H13N5O3/c1-8-2-3-9(6-11(8)16-14(20)21)22-10-4-5-12-17-13(15)18-19(12)7-10/h2-7,16H,1H3,(H2,15,18)(H,20,21). The van der Waals surface area contributed by atoms with Crippen LogP contribution in [0.25, 0.3) is 5.65 Å². The van der Waals surface area contributed by atoms with Gasteiger partial charge in [0.2, 0.25) is 5.95 Å². The highest BCUT2D eigenvalue weighted by molar-refractivity contribution is 5.84.